The van der Waals surface area contributed by atoms with Crippen molar-refractivity contribution in [3.63, 3.8) is 0 Å². The van der Waals surface area contributed by atoms with E-state index in [2.05, 4.69) is 10.6 Å². The van der Waals surface area contributed by atoms with Crippen LogP contribution in [0.2, 0.25) is 0 Å². The highest BCUT2D eigenvalue weighted by molar-refractivity contribution is 7.08. The molecule has 126 valence electrons. The molecule has 0 aliphatic rings. The smallest absolute Gasteiger partial charge is 0.248 e. The van der Waals surface area contributed by atoms with E-state index in [0.717, 1.165) is 12.2 Å². The second-order valence-electron chi connectivity index (χ2n) is 5.33. The van der Waals surface area contributed by atoms with Gasteiger partial charge in [0.25, 0.3) is 0 Å². The van der Waals surface area contributed by atoms with E-state index in [4.69, 9.17) is 0 Å². The van der Waals surface area contributed by atoms with Crippen LogP contribution in [-0.4, -0.2) is 23.5 Å². The minimum atomic E-state index is -1.18. The standard InChI is InChI=1S/C17H17FN2O3S/c1-17(23,12-8-9-24-10-12)11-19-15(21)6-7-16(22)20-14-4-2-13(18)3-5-14/h2-10,23H,11H2,1H3,(H,19,21)(H,20,22)/b7-6+. The summed E-state index contributed by atoms with van der Waals surface area (Å²) in [4.78, 5) is 23.4. The molecule has 0 bridgehead atoms. The number of amides is 2. The molecule has 0 aliphatic carbocycles. The van der Waals surface area contributed by atoms with Gasteiger partial charge in [0, 0.05) is 17.8 Å². The molecule has 2 rings (SSSR count). The summed E-state index contributed by atoms with van der Waals surface area (Å²) in [6, 6.07) is 7.05. The molecule has 0 radical (unpaired) electrons. The van der Waals surface area contributed by atoms with E-state index in [-0.39, 0.29) is 6.54 Å². The van der Waals surface area contributed by atoms with Gasteiger partial charge in [0.15, 0.2) is 0 Å². The number of benzene rings is 1. The second kappa shape index (κ2) is 7.85. The topological polar surface area (TPSA) is 78.4 Å². The van der Waals surface area contributed by atoms with Crippen LogP contribution in [-0.2, 0) is 15.2 Å². The van der Waals surface area contributed by atoms with Gasteiger partial charge in [-0.05, 0) is 53.6 Å². The van der Waals surface area contributed by atoms with Crippen molar-refractivity contribution < 1.29 is 19.1 Å². The number of rotatable bonds is 6. The summed E-state index contributed by atoms with van der Waals surface area (Å²) in [6.07, 6.45) is 2.14. The quantitative estimate of drug-likeness (QED) is 0.702. The Hall–Kier alpha value is -2.51. The first-order chi connectivity index (χ1) is 11.4. The van der Waals surface area contributed by atoms with Crippen molar-refractivity contribution in [1.82, 2.24) is 5.32 Å². The Morgan fingerprint density at radius 3 is 2.50 bits per heavy atom. The number of thiophene rings is 1. The normalized spacial score (nSPS) is 13.5. The number of nitrogens with one attached hydrogen (secondary N) is 2. The van der Waals surface area contributed by atoms with Gasteiger partial charge in [-0.25, -0.2) is 4.39 Å². The predicted octanol–water partition coefficient (Wildman–Crippen LogP) is 2.41. The first-order valence-electron chi connectivity index (χ1n) is 7.14. The maximum atomic E-state index is 12.8. The van der Waals surface area contributed by atoms with E-state index in [9.17, 15) is 19.1 Å². The lowest BCUT2D eigenvalue weighted by Crippen LogP contribution is -2.37. The van der Waals surface area contributed by atoms with E-state index >= 15 is 0 Å². The molecular formula is C17H17FN2O3S. The molecule has 3 N–H and O–H groups in total. The Kier molecular flexibility index (Phi) is 5.83. The monoisotopic (exact) mass is 348 g/mol. The SMILES string of the molecule is CC(O)(CNC(=O)/C=C/C(=O)Nc1ccc(F)cc1)c1ccsc1. The Morgan fingerprint density at radius 1 is 1.21 bits per heavy atom. The maximum absolute atomic E-state index is 12.8. The fourth-order valence-electron chi connectivity index (χ4n) is 1.86. The molecule has 0 saturated carbocycles. The van der Waals surface area contributed by atoms with Gasteiger partial charge in [0.1, 0.15) is 11.4 Å². The Labute approximate surface area is 142 Å². The molecule has 1 aromatic carbocycles. The summed E-state index contributed by atoms with van der Waals surface area (Å²) >= 11 is 1.45. The van der Waals surface area contributed by atoms with Crippen LogP contribution in [0.3, 0.4) is 0 Å². The molecule has 1 atom stereocenters. The minimum absolute atomic E-state index is 0.0203. The fraction of sp³-hybridized carbons (Fsp3) is 0.176. The van der Waals surface area contributed by atoms with Crippen LogP contribution in [0.25, 0.3) is 0 Å². The third-order valence-electron chi connectivity index (χ3n) is 3.25. The molecule has 5 nitrogen and oxygen atoms in total. The van der Waals surface area contributed by atoms with Crippen molar-refractivity contribution in [3.05, 3.63) is 64.6 Å². The highest BCUT2D eigenvalue weighted by Crippen LogP contribution is 2.21. The maximum Gasteiger partial charge on any atom is 0.248 e. The molecule has 1 aromatic heterocycles. The average molecular weight is 348 g/mol. The largest absolute Gasteiger partial charge is 0.384 e. The predicted molar refractivity (Wildman–Crippen MR) is 91.1 cm³/mol. The number of anilines is 1. The first-order valence-corrected chi connectivity index (χ1v) is 8.08. The van der Waals surface area contributed by atoms with E-state index < -0.39 is 23.2 Å². The van der Waals surface area contributed by atoms with Crippen molar-refractivity contribution in [2.45, 2.75) is 12.5 Å². The lowest BCUT2D eigenvalue weighted by Gasteiger charge is -2.22. The lowest BCUT2D eigenvalue weighted by molar-refractivity contribution is -0.118. The third kappa shape index (κ3) is 5.29. The zero-order valence-corrected chi connectivity index (χ0v) is 13.8. The van der Waals surface area contributed by atoms with Gasteiger partial charge in [0.2, 0.25) is 11.8 Å². The number of carbonyl (C=O) groups excluding carboxylic acids is 2. The number of hydrogen-bond donors (Lipinski definition) is 3. The average Bonchev–Trinajstić information content (AvgIpc) is 3.09. The molecule has 24 heavy (non-hydrogen) atoms. The number of hydrogen-bond acceptors (Lipinski definition) is 4. The molecule has 7 heteroatoms. The summed E-state index contributed by atoms with van der Waals surface area (Å²) < 4.78 is 12.8. The zero-order valence-electron chi connectivity index (χ0n) is 13.0. The van der Waals surface area contributed by atoms with Gasteiger partial charge in [0.05, 0.1) is 6.54 Å². The summed E-state index contributed by atoms with van der Waals surface area (Å²) in [6.45, 7) is 1.62. The summed E-state index contributed by atoms with van der Waals surface area (Å²) in [5, 5.41) is 19.0. The molecule has 0 fully saturated rings. The van der Waals surface area contributed by atoms with Crippen LogP contribution >= 0.6 is 11.3 Å². The van der Waals surface area contributed by atoms with Crippen molar-refractivity contribution >= 4 is 28.8 Å². The number of aliphatic hydroxyl groups is 1. The van der Waals surface area contributed by atoms with Crippen molar-refractivity contribution in [3.8, 4) is 0 Å². The molecule has 0 spiro atoms. The molecule has 0 saturated heterocycles. The molecule has 2 aromatic rings. The first kappa shape index (κ1) is 17.8. The van der Waals surface area contributed by atoms with Gasteiger partial charge < -0.3 is 15.7 Å². The lowest BCUT2D eigenvalue weighted by atomic mass is 9.99. The summed E-state index contributed by atoms with van der Waals surface area (Å²) in [7, 11) is 0. The Morgan fingerprint density at radius 2 is 1.88 bits per heavy atom. The second-order valence-corrected chi connectivity index (χ2v) is 6.11. The Balaban J connectivity index is 1.82. The fourth-order valence-corrected chi connectivity index (χ4v) is 2.64. The van der Waals surface area contributed by atoms with Crippen LogP contribution in [0.4, 0.5) is 10.1 Å². The molecule has 1 unspecified atom stereocenters. The van der Waals surface area contributed by atoms with Crippen LogP contribution in [0, 0.1) is 5.82 Å². The Bertz CT molecular complexity index is 725. The molecular weight excluding hydrogens is 331 g/mol. The van der Waals surface area contributed by atoms with Crippen molar-refractivity contribution in [2.24, 2.45) is 0 Å². The summed E-state index contributed by atoms with van der Waals surface area (Å²) in [5.41, 5.74) is -0.0439. The highest BCUT2D eigenvalue weighted by Gasteiger charge is 2.23. The van der Waals surface area contributed by atoms with E-state index in [1.165, 1.54) is 35.6 Å². The zero-order chi connectivity index (χ0) is 17.6. The van der Waals surface area contributed by atoms with E-state index in [1.54, 1.807) is 18.4 Å². The van der Waals surface area contributed by atoms with E-state index in [1.807, 2.05) is 5.38 Å². The molecule has 2 amide bonds. The van der Waals surface area contributed by atoms with Crippen molar-refractivity contribution in [2.75, 3.05) is 11.9 Å². The van der Waals surface area contributed by atoms with Gasteiger partial charge in [-0.2, -0.15) is 11.3 Å². The van der Waals surface area contributed by atoms with Crippen LogP contribution in [0.1, 0.15) is 12.5 Å². The van der Waals surface area contributed by atoms with Gasteiger partial charge in [-0.15, -0.1) is 0 Å². The van der Waals surface area contributed by atoms with Gasteiger partial charge in [-0.1, -0.05) is 0 Å². The highest BCUT2D eigenvalue weighted by atomic mass is 32.1. The van der Waals surface area contributed by atoms with Crippen LogP contribution in [0.15, 0.2) is 53.2 Å². The molecule has 0 aliphatic heterocycles. The van der Waals surface area contributed by atoms with Gasteiger partial charge >= 0.3 is 0 Å². The van der Waals surface area contributed by atoms with Gasteiger partial charge in [-0.3, -0.25) is 9.59 Å². The number of halogens is 1. The van der Waals surface area contributed by atoms with Crippen LogP contribution < -0.4 is 10.6 Å². The third-order valence-corrected chi connectivity index (χ3v) is 3.93. The van der Waals surface area contributed by atoms with Crippen molar-refractivity contribution in [1.29, 1.82) is 0 Å². The minimum Gasteiger partial charge on any atom is -0.384 e. The van der Waals surface area contributed by atoms with E-state index in [0.29, 0.717) is 11.3 Å². The summed E-state index contributed by atoms with van der Waals surface area (Å²) in [5.74, 6) is -1.42. The van der Waals surface area contributed by atoms with Crippen LogP contribution in [0.5, 0.6) is 0 Å². The number of carbonyl (C=O) groups is 2. The molecule has 1 heterocycles.